The molecule has 0 spiro atoms. The Kier molecular flexibility index (Phi) is 10.2. The van der Waals surface area contributed by atoms with Crippen LogP contribution in [0.1, 0.15) is 104 Å². The molecule has 1 aliphatic heterocycles. The summed E-state index contributed by atoms with van der Waals surface area (Å²) in [5.74, 6) is 1.65. The number of fused-ring (bicyclic) bond motifs is 14. The Morgan fingerprint density at radius 3 is 1.42 bits per heavy atom. The Bertz CT molecular complexity index is 4510. The lowest BCUT2D eigenvalue weighted by molar-refractivity contribution is 0.572. The maximum absolute atomic E-state index is 6.48. The molecule has 13 aromatic rings. The predicted molar refractivity (Wildman–Crippen MR) is 324 cm³/mol. The van der Waals surface area contributed by atoms with Crippen molar-refractivity contribution >= 4 is 65.7 Å². The largest absolute Gasteiger partial charge is 0.456 e. The molecule has 0 N–H and O–H groups in total. The zero-order chi connectivity index (χ0) is 53.8. The molecule has 1 aliphatic rings. The van der Waals surface area contributed by atoms with Crippen molar-refractivity contribution in [3.05, 3.63) is 204 Å². The van der Waals surface area contributed by atoms with Crippen LogP contribution in [0.15, 0.2) is 185 Å². The topological polar surface area (TPSA) is 69.9 Å². The maximum Gasteiger partial charge on any atom is 0.164 e. The number of hydrogen-bond acceptors (Lipinski definition) is 5. The van der Waals surface area contributed by atoms with Crippen LogP contribution in [0.3, 0.4) is 0 Å². The summed E-state index contributed by atoms with van der Waals surface area (Å²) in [4.78, 5) is 16.3. The van der Waals surface area contributed by atoms with Crippen LogP contribution >= 0.6 is 0 Å². The van der Waals surface area contributed by atoms with E-state index >= 15 is 0 Å². The molecule has 382 valence electrons. The Balaban J connectivity index is 1.12. The van der Waals surface area contributed by atoms with Gasteiger partial charge >= 0.3 is 0 Å². The average molecular weight is 1020 g/mol. The first kappa shape index (κ1) is 47.8. The van der Waals surface area contributed by atoms with Gasteiger partial charge in [0.2, 0.25) is 0 Å². The molecule has 0 unspecified atom stereocenters. The molecule has 0 saturated heterocycles. The minimum atomic E-state index is -0.395. The van der Waals surface area contributed by atoms with Gasteiger partial charge in [0.1, 0.15) is 22.3 Å². The van der Waals surface area contributed by atoms with Crippen LogP contribution in [0.25, 0.3) is 128 Å². The van der Waals surface area contributed by atoms with Gasteiger partial charge in [0.15, 0.2) is 17.5 Å². The molecule has 0 aliphatic carbocycles. The lowest BCUT2D eigenvalue weighted by Crippen LogP contribution is -2.22. The minimum absolute atomic E-state index is 0.0882. The van der Waals surface area contributed by atoms with Gasteiger partial charge in [-0.3, -0.25) is 0 Å². The number of rotatable bonds is 4. The monoisotopic (exact) mass is 1010 g/mol. The van der Waals surface area contributed by atoms with E-state index in [1.165, 1.54) is 49.6 Å². The number of aromatic nitrogens is 4. The van der Waals surface area contributed by atoms with Gasteiger partial charge < -0.3 is 13.4 Å². The highest BCUT2D eigenvalue weighted by Gasteiger charge is 2.36. The van der Waals surface area contributed by atoms with Crippen molar-refractivity contribution in [3.63, 3.8) is 0 Å². The summed E-state index contributed by atoms with van der Waals surface area (Å²) < 4.78 is 15.6. The molecule has 5 heterocycles. The second kappa shape index (κ2) is 16.7. The van der Waals surface area contributed by atoms with Crippen molar-refractivity contribution in [2.24, 2.45) is 0 Å². The van der Waals surface area contributed by atoms with Gasteiger partial charge in [-0.2, -0.15) is 0 Å². The first-order valence-corrected chi connectivity index (χ1v) is 27.4. The van der Waals surface area contributed by atoms with Crippen LogP contribution in [0.4, 0.5) is 0 Å². The van der Waals surface area contributed by atoms with E-state index in [0.717, 1.165) is 88.5 Å². The molecule has 78 heavy (non-hydrogen) atoms. The van der Waals surface area contributed by atoms with Gasteiger partial charge in [-0.1, -0.05) is 191 Å². The van der Waals surface area contributed by atoms with E-state index in [2.05, 4.69) is 232 Å². The Labute approximate surface area is 455 Å². The maximum atomic E-state index is 6.48. The molecule has 6 nitrogen and oxygen atoms in total. The Morgan fingerprint density at radius 1 is 0.372 bits per heavy atom. The summed E-state index contributed by atoms with van der Waals surface area (Å²) in [5, 5.41) is 6.78. The molecule has 4 aromatic heterocycles. The summed E-state index contributed by atoms with van der Waals surface area (Å²) in [7, 11) is 0. The number of furan rings is 2. The highest BCUT2D eigenvalue weighted by Crippen LogP contribution is 2.52. The van der Waals surface area contributed by atoms with E-state index in [0.29, 0.717) is 17.5 Å². The van der Waals surface area contributed by atoms with Crippen LogP contribution in [0.5, 0.6) is 0 Å². The molecule has 0 atom stereocenters. The van der Waals surface area contributed by atoms with Crippen LogP contribution in [0.2, 0.25) is 0 Å². The third-order valence-electron chi connectivity index (χ3n) is 16.7. The fraction of sp³-hybridized carbons (Fsp3) is 0.208. The number of benzene rings is 9. The summed E-state index contributed by atoms with van der Waals surface area (Å²) in [6.45, 7) is 26.0. The molecule has 14 rings (SSSR count). The fourth-order valence-electron chi connectivity index (χ4n) is 12.2. The summed E-state index contributed by atoms with van der Waals surface area (Å²) >= 11 is 0. The van der Waals surface area contributed by atoms with Gasteiger partial charge in [0.25, 0.3) is 0 Å². The van der Waals surface area contributed by atoms with Crippen molar-refractivity contribution in [1.82, 2.24) is 19.5 Å². The molecule has 0 amide bonds. The summed E-state index contributed by atoms with van der Waals surface area (Å²) in [6.07, 6.45) is 0. The zero-order valence-electron chi connectivity index (χ0n) is 46.3. The lowest BCUT2D eigenvalue weighted by atomic mass is 9.74. The molecule has 0 saturated carbocycles. The molecule has 0 fully saturated rings. The van der Waals surface area contributed by atoms with E-state index in [4.69, 9.17) is 23.8 Å². The first-order chi connectivity index (χ1) is 37.3. The van der Waals surface area contributed by atoms with Gasteiger partial charge in [0.05, 0.1) is 16.7 Å². The summed E-state index contributed by atoms with van der Waals surface area (Å²) in [6, 6.07) is 63.8. The number of para-hydroxylation sites is 2. The van der Waals surface area contributed by atoms with Gasteiger partial charge in [0, 0.05) is 65.5 Å². The molecule has 2 bridgehead atoms. The van der Waals surface area contributed by atoms with Crippen molar-refractivity contribution in [2.45, 2.75) is 97.8 Å². The molecule has 6 heteroatoms. The van der Waals surface area contributed by atoms with Crippen LogP contribution in [-0.2, 0) is 21.7 Å². The second-order valence-electron chi connectivity index (χ2n) is 25.3. The van der Waals surface area contributed by atoms with Gasteiger partial charge in [-0.25, -0.2) is 15.0 Å². The first-order valence-electron chi connectivity index (χ1n) is 27.4. The highest BCUT2D eigenvalue weighted by atomic mass is 16.3. The third-order valence-corrected chi connectivity index (χ3v) is 16.7. The smallest absolute Gasteiger partial charge is 0.164 e. The molecular weight excluding hydrogens is 953 g/mol. The van der Waals surface area contributed by atoms with E-state index in [1.54, 1.807) is 0 Å². The van der Waals surface area contributed by atoms with E-state index in [-0.39, 0.29) is 16.2 Å². The predicted octanol–water partition coefficient (Wildman–Crippen LogP) is 19.6. The summed E-state index contributed by atoms with van der Waals surface area (Å²) in [5.41, 5.74) is 19.5. The Morgan fingerprint density at radius 2 is 0.859 bits per heavy atom. The molecule has 0 radical (unpaired) electrons. The van der Waals surface area contributed by atoms with Crippen LogP contribution in [0, 0.1) is 0 Å². The van der Waals surface area contributed by atoms with Crippen molar-refractivity contribution in [3.8, 4) is 62.1 Å². The molecular formula is C72H62N4O2. The van der Waals surface area contributed by atoms with Gasteiger partial charge in [-0.15, -0.1) is 0 Å². The Hall–Kier alpha value is -8.61. The average Bonchev–Trinajstić information content (AvgIpc) is 3.76. The van der Waals surface area contributed by atoms with Crippen molar-refractivity contribution < 1.29 is 8.83 Å². The normalized spacial score (nSPS) is 13.7. The zero-order valence-corrected chi connectivity index (χ0v) is 46.3. The van der Waals surface area contributed by atoms with E-state index in [1.807, 2.05) is 24.3 Å². The van der Waals surface area contributed by atoms with Crippen LogP contribution in [-0.4, -0.2) is 19.5 Å². The highest BCUT2D eigenvalue weighted by molar-refractivity contribution is 6.14. The second-order valence-corrected chi connectivity index (χ2v) is 25.3. The van der Waals surface area contributed by atoms with E-state index in [9.17, 15) is 0 Å². The van der Waals surface area contributed by atoms with Crippen molar-refractivity contribution in [1.29, 1.82) is 0 Å². The van der Waals surface area contributed by atoms with Crippen molar-refractivity contribution in [2.75, 3.05) is 0 Å². The number of hydrogen-bond donors (Lipinski definition) is 0. The lowest BCUT2D eigenvalue weighted by Gasteiger charge is -2.30. The van der Waals surface area contributed by atoms with Crippen LogP contribution < -0.4 is 0 Å². The SMILES string of the molecule is CC(C)(C)c1cc(C(C)(C)C)c2c(c1)c1cc(C(C)(C)C)cc3c1n2-c1c(-c2ccccc2)cc(-c2nc(-c4ccc5c(c4)oc4ccccc45)nc(-c4ccc5c(c4)oc4ccccc45)n2)cc1-c1cccc(c1)C3(C)C. The minimum Gasteiger partial charge on any atom is -0.456 e. The van der Waals surface area contributed by atoms with E-state index < -0.39 is 5.41 Å². The van der Waals surface area contributed by atoms with Gasteiger partial charge in [-0.05, 0) is 116 Å². The number of nitrogens with zero attached hydrogens (tertiary/aromatic N) is 4. The quantitative estimate of drug-likeness (QED) is 0.176. The molecule has 9 aromatic carbocycles. The standard InChI is InChI=1S/C72H62N4O2/c1-69(2,3)47-37-55-56-38-48(70(4,5)6)40-58-65(56)76(64(55)57(39-47)71(7,8)9)63-53(41-20-13-12-14-21-41)33-45(34-54(63)42-22-19-23-46(32-42)72(58,10)11)68-74-66(43-28-30-51-49-24-15-17-26-59(49)77-61(51)35-43)73-67(75-68)44-29-31-52-50-25-16-18-27-60(50)78-62(52)36-44/h12-40H,1-11H3. The fourth-order valence-corrected chi connectivity index (χ4v) is 12.2. The third kappa shape index (κ3) is 7.47.